The van der Waals surface area contributed by atoms with Crippen LogP contribution in [0, 0.1) is 0 Å². The largest absolute Gasteiger partial charge is 0.472 e. The number of quaternary nitrogens is 1. The summed E-state index contributed by atoms with van der Waals surface area (Å²) in [5.74, 6) is -0.161. The molecule has 0 radical (unpaired) electrons. The molecule has 316 valence electrons. The number of hydrogen-bond donors (Lipinski definition) is 3. The summed E-state index contributed by atoms with van der Waals surface area (Å²) in [5.41, 5.74) is 0. The number of carbonyl (C=O) groups is 1. The van der Waals surface area contributed by atoms with E-state index < -0.39 is 20.0 Å². The highest BCUT2D eigenvalue weighted by Gasteiger charge is 2.28. The van der Waals surface area contributed by atoms with Gasteiger partial charge in [0, 0.05) is 6.42 Å². The van der Waals surface area contributed by atoms with Gasteiger partial charge in [0.05, 0.1) is 39.9 Å². The maximum absolute atomic E-state index is 12.9. The molecule has 54 heavy (non-hydrogen) atoms. The molecule has 9 heteroatoms. The molecular formula is C45H86N2O6P+. The van der Waals surface area contributed by atoms with Crippen molar-refractivity contribution in [3.05, 3.63) is 48.6 Å². The van der Waals surface area contributed by atoms with Crippen molar-refractivity contribution >= 4 is 13.7 Å². The summed E-state index contributed by atoms with van der Waals surface area (Å²) in [7, 11) is 1.60. The molecular weight excluding hydrogens is 695 g/mol. The average molecular weight is 782 g/mol. The lowest BCUT2D eigenvalue weighted by Crippen LogP contribution is -2.46. The van der Waals surface area contributed by atoms with Crippen LogP contribution in [0.15, 0.2) is 48.6 Å². The Bertz CT molecular complexity index is 1020. The quantitative estimate of drug-likeness (QED) is 0.0248. The van der Waals surface area contributed by atoms with Gasteiger partial charge in [-0.1, -0.05) is 172 Å². The molecule has 0 bridgehead atoms. The van der Waals surface area contributed by atoms with Gasteiger partial charge in [-0.3, -0.25) is 13.8 Å². The van der Waals surface area contributed by atoms with Crippen molar-refractivity contribution in [1.29, 1.82) is 0 Å². The predicted molar refractivity (Wildman–Crippen MR) is 231 cm³/mol. The number of nitrogens with zero attached hydrogens (tertiary/aromatic N) is 1. The molecule has 1 amide bonds. The highest BCUT2D eigenvalue weighted by atomic mass is 31.2. The van der Waals surface area contributed by atoms with Crippen molar-refractivity contribution in [2.75, 3.05) is 40.9 Å². The van der Waals surface area contributed by atoms with E-state index in [2.05, 4.69) is 67.8 Å². The first-order valence-electron chi connectivity index (χ1n) is 22.0. The fourth-order valence-electron chi connectivity index (χ4n) is 6.09. The first kappa shape index (κ1) is 52.5. The number of aliphatic hydroxyl groups excluding tert-OH is 1. The van der Waals surface area contributed by atoms with Gasteiger partial charge in [-0.05, 0) is 51.4 Å². The van der Waals surface area contributed by atoms with Gasteiger partial charge in [0.25, 0.3) is 0 Å². The van der Waals surface area contributed by atoms with Gasteiger partial charge in [0.1, 0.15) is 13.2 Å². The van der Waals surface area contributed by atoms with Gasteiger partial charge in [0.2, 0.25) is 5.91 Å². The van der Waals surface area contributed by atoms with E-state index in [9.17, 15) is 19.4 Å². The predicted octanol–water partition coefficient (Wildman–Crippen LogP) is 12.1. The second-order valence-corrected chi connectivity index (χ2v) is 17.5. The van der Waals surface area contributed by atoms with Crippen LogP contribution in [0.25, 0.3) is 0 Å². The highest BCUT2D eigenvalue weighted by Crippen LogP contribution is 2.43. The number of rotatable bonds is 39. The Kier molecular flexibility index (Phi) is 36.0. The average Bonchev–Trinajstić information content (AvgIpc) is 3.12. The van der Waals surface area contributed by atoms with E-state index in [1.165, 1.54) is 77.0 Å². The molecule has 3 N–H and O–H groups in total. The molecule has 0 rings (SSSR count). The van der Waals surface area contributed by atoms with E-state index in [-0.39, 0.29) is 19.1 Å². The third-order valence-electron chi connectivity index (χ3n) is 9.59. The van der Waals surface area contributed by atoms with Crippen LogP contribution in [0.5, 0.6) is 0 Å². The van der Waals surface area contributed by atoms with Crippen LogP contribution in [-0.4, -0.2) is 73.4 Å². The summed E-state index contributed by atoms with van der Waals surface area (Å²) in [6.07, 6.45) is 45.6. The number of phosphoric ester groups is 1. The molecule has 0 heterocycles. The summed E-state index contributed by atoms with van der Waals surface area (Å²) in [6, 6.07) is -0.768. The molecule has 0 spiro atoms. The molecule has 0 aromatic heterocycles. The summed E-state index contributed by atoms with van der Waals surface area (Å²) in [5, 5.41) is 13.9. The van der Waals surface area contributed by atoms with Crippen molar-refractivity contribution < 1.29 is 32.9 Å². The topological polar surface area (TPSA) is 105 Å². The second-order valence-electron chi connectivity index (χ2n) is 16.0. The number of allylic oxidation sites excluding steroid dienone is 8. The number of phosphoric acid groups is 1. The van der Waals surface area contributed by atoms with E-state index in [0.29, 0.717) is 23.9 Å². The van der Waals surface area contributed by atoms with Crippen LogP contribution in [-0.2, 0) is 18.4 Å². The maximum Gasteiger partial charge on any atom is 0.472 e. The van der Waals surface area contributed by atoms with Gasteiger partial charge in [0.15, 0.2) is 0 Å². The third kappa shape index (κ3) is 38.7. The van der Waals surface area contributed by atoms with Crippen molar-refractivity contribution in [1.82, 2.24) is 5.32 Å². The molecule has 0 aromatic carbocycles. The zero-order valence-electron chi connectivity index (χ0n) is 35.7. The lowest BCUT2D eigenvalue weighted by atomic mass is 10.0. The Morgan fingerprint density at radius 3 is 1.63 bits per heavy atom. The van der Waals surface area contributed by atoms with Crippen LogP contribution in [0.4, 0.5) is 0 Å². The molecule has 0 saturated heterocycles. The zero-order chi connectivity index (χ0) is 40.0. The number of unbranched alkanes of at least 4 members (excludes halogenated alkanes) is 18. The van der Waals surface area contributed by atoms with Crippen LogP contribution in [0.2, 0.25) is 0 Å². The fraction of sp³-hybridized carbons (Fsp3) is 0.800. The molecule has 3 unspecified atom stereocenters. The number of carbonyl (C=O) groups excluding carboxylic acids is 1. The minimum atomic E-state index is -4.32. The minimum absolute atomic E-state index is 0.0697. The molecule has 0 fully saturated rings. The summed E-state index contributed by atoms with van der Waals surface area (Å²) < 4.78 is 23.6. The molecule has 0 aliphatic heterocycles. The second kappa shape index (κ2) is 37.1. The van der Waals surface area contributed by atoms with E-state index in [1.54, 1.807) is 0 Å². The van der Waals surface area contributed by atoms with E-state index in [0.717, 1.165) is 77.0 Å². The first-order chi connectivity index (χ1) is 26.0. The summed E-state index contributed by atoms with van der Waals surface area (Å²) in [6.45, 7) is 4.75. The Morgan fingerprint density at radius 2 is 1.11 bits per heavy atom. The van der Waals surface area contributed by atoms with E-state index in [1.807, 2.05) is 21.1 Å². The summed E-state index contributed by atoms with van der Waals surface area (Å²) >= 11 is 0. The van der Waals surface area contributed by atoms with E-state index in [4.69, 9.17) is 9.05 Å². The van der Waals surface area contributed by atoms with Crippen LogP contribution in [0.1, 0.15) is 181 Å². The zero-order valence-corrected chi connectivity index (χ0v) is 36.6. The van der Waals surface area contributed by atoms with Crippen LogP contribution < -0.4 is 5.32 Å². The van der Waals surface area contributed by atoms with Crippen LogP contribution in [0.3, 0.4) is 0 Å². The van der Waals surface area contributed by atoms with Gasteiger partial charge in [-0.25, -0.2) is 4.57 Å². The van der Waals surface area contributed by atoms with E-state index >= 15 is 0 Å². The van der Waals surface area contributed by atoms with Crippen molar-refractivity contribution in [3.63, 3.8) is 0 Å². The monoisotopic (exact) mass is 782 g/mol. The van der Waals surface area contributed by atoms with Gasteiger partial charge in [-0.15, -0.1) is 0 Å². The van der Waals surface area contributed by atoms with Crippen LogP contribution >= 0.6 is 7.82 Å². The Morgan fingerprint density at radius 1 is 0.648 bits per heavy atom. The third-order valence-corrected chi connectivity index (χ3v) is 10.6. The minimum Gasteiger partial charge on any atom is -0.391 e. The van der Waals surface area contributed by atoms with Gasteiger partial charge in [-0.2, -0.15) is 0 Å². The Balaban J connectivity index is 4.39. The molecule has 0 aliphatic carbocycles. The lowest BCUT2D eigenvalue weighted by molar-refractivity contribution is -0.870. The number of amides is 1. The molecule has 0 aliphatic rings. The normalized spacial score (nSPS) is 14.9. The van der Waals surface area contributed by atoms with Gasteiger partial charge < -0.3 is 19.8 Å². The van der Waals surface area contributed by atoms with Crippen molar-refractivity contribution in [3.8, 4) is 0 Å². The molecule has 0 aromatic rings. The highest BCUT2D eigenvalue weighted by molar-refractivity contribution is 7.47. The molecule has 8 nitrogen and oxygen atoms in total. The smallest absolute Gasteiger partial charge is 0.391 e. The Labute approximate surface area is 333 Å². The summed E-state index contributed by atoms with van der Waals surface area (Å²) in [4.78, 5) is 23.1. The first-order valence-corrected chi connectivity index (χ1v) is 23.5. The SMILES string of the molecule is CC/C=C\C/C=C\C/C=C\C/C=C\CCCCCCCCC(=O)NC(COP(=O)(O)OCC[N+](C)(C)C)C(O)CCCCCCCCCCCCCCC. The molecule has 3 atom stereocenters. The Hall–Kier alpha value is -1.54. The standard InChI is InChI=1S/C45H85N2O6P/c1-6-8-10-12-14-16-18-20-21-22-23-24-25-27-29-31-33-35-37-39-45(49)46-43(42-53-54(50,51)52-41-40-47(3,4)5)44(48)38-36-34-32-30-28-26-19-17-15-13-11-9-7-2/h8,10,14,16,20-21,23-24,43-44,48H,6-7,9,11-13,15,17-19,22,25-42H2,1-5H3,(H-,46,49,50,51)/p+1/b10-8-,16-14-,21-20-,24-23-. The maximum atomic E-state index is 12.9. The lowest BCUT2D eigenvalue weighted by Gasteiger charge is -2.26. The van der Waals surface area contributed by atoms with Crippen molar-refractivity contribution in [2.24, 2.45) is 0 Å². The number of nitrogens with one attached hydrogen (secondary N) is 1. The van der Waals surface area contributed by atoms with Crippen molar-refractivity contribution in [2.45, 2.75) is 193 Å². The fourth-order valence-corrected chi connectivity index (χ4v) is 6.83. The number of hydrogen-bond acceptors (Lipinski definition) is 5. The molecule has 0 saturated carbocycles. The van der Waals surface area contributed by atoms with Gasteiger partial charge >= 0.3 is 7.82 Å². The number of likely N-dealkylation sites (N-methyl/N-ethyl adjacent to an activating group) is 1. The number of aliphatic hydroxyl groups is 1.